The molecule has 6 nitrogen and oxygen atoms in total. The van der Waals surface area contributed by atoms with Crippen LogP contribution < -0.4 is 10.1 Å². The van der Waals surface area contributed by atoms with E-state index in [1.807, 2.05) is 30.3 Å². The summed E-state index contributed by atoms with van der Waals surface area (Å²) in [5.74, 6) is 1.27. The first-order valence-corrected chi connectivity index (χ1v) is 9.54. The third-order valence-electron chi connectivity index (χ3n) is 4.24. The van der Waals surface area contributed by atoms with E-state index in [4.69, 9.17) is 9.62 Å². The lowest BCUT2D eigenvalue weighted by Crippen LogP contribution is -2.51. The summed E-state index contributed by atoms with van der Waals surface area (Å²) in [5, 5.41) is 3.07. The first kappa shape index (κ1) is 17.9. The Balaban J connectivity index is 1.82. The predicted molar refractivity (Wildman–Crippen MR) is 93.1 cm³/mol. The maximum absolute atomic E-state index is 13.1. The van der Waals surface area contributed by atoms with Crippen LogP contribution >= 0.6 is 0 Å². The molecule has 0 bridgehead atoms. The van der Waals surface area contributed by atoms with E-state index in [2.05, 4.69) is 10.2 Å². The molecule has 0 radical (unpaired) electrons. The Kier molecular flexibility index (Phi) is 5.39. The van der Waals surface area contributed by atoms with Crippen LogP contribution in [0.5, 0.6) is 11.5 Å². The van der Waals surface area contributed by atoms with Crippen molar-refractivity contribution < 1.29 is 22.9 Å². The van der Waals surface area contributed by atoms with E-state index in [1.165, 1.54) is 7.11 Å². The second kappa shape index (κ2) is 7.53. The van der Waals surface area contributed by atoms with Gasteiger partial charge in [0, 0.05) is 0 Å². The van der Waals surface area contributed by atoms with Gasteiger partial charge in [-0.25, -0.2) is 18.2 Å². The number of nitrogens with one attached hydrogen (secondary N) is 1. The fraction of sp³-hybridized carbons (Fsp3) is 0.333. The van der Waals surface area contributed by atoms with Crippen molar-refractivity contribution in [2.75, 3.05) is 20.3 Å². The Morgan fingerprint density at radius 3 is 2.32 bits per heavy atom. The fourth-order valence-electron chi connectivity index (χ4n) is 2.90. The van der Waals surface area contributed by atoms with Crippen LogP contribution in [0.2, 0.25) is 0 Å². The largest absolute Gasteiger partial charge is 0.457 e. The maximum Gasteiger partial charge on any atom is 0.199 e. The first-order chi connectivity index (χ1) is 12.1. The summed E-state index contributed by atoms with van der Waals surface area (Å²) in [6.07, 6.45) is 1.24. The van der Waals surface area contributed by atoms with Crippen molar-refractivity contribution in [3.63, 3.8) is 0 Å². The summed E-state index contributed by atoms with van der Waals surface area (Å²) in [6, 6.07) is 15.7. The molecule has 1 aliphatic heterocycles. The molecular formula is C18H21NO5S. The zero-order valence-electron chi connectivity index (χ0n) is 14.0. The van der Waals surface area contributed by atoms with Crippen molar-refractivity contribution >= 4 is 9.84 Å². The van der Waals surface area contributed by atoms with Gasteiger partial charge in [0.15, 0.2) is 14.7 Å². The number of para-hydroxylation sites is 1. The highest BCUT2D eigenvalue weighted by Crippen LogP contribution is 2.33. The molecule has 0 amide bonds. The average molecular weight is 363 g/mol. The van der Waals surface area contributed by atoms with Gasteiger partial charge < -0.3 is 4.74 Å². The van der Waals surface area contributed by atoms with Gasteiger partial charge in [0.2, 0.25) is 0 Å². The molecule has 0 saturated carbocycles. The van der Waals surface area contributed by atoms with Crippen LogP contribution in [-0.2, 0) is 19.6 Å². The minimum Gasteiger partial charge on any atom is -0.457 e. The van der Waals surface area contributed by atoms with Crippen molar-refractivity contribution in [1.29, 1.82) is 0 Å². The molecule has 3 rings (SSSR count). The van der Waals surface area contributed by atoms with E-state index in [1.54, 1.807) is 24.3 Å². The molecule has 1 saturated heterocycles. The van der Waals surface area contributed by atoms with E-state index in [0.717, 1.165) is 6.42 Å². The number of rotatable bonds is 7. The molecule has 7 heteroatoms. The predicted octanol–water partition coefficient (Wildman–Crippen LogP) is 2.91. The molecule has 25 heavy (non-hydrogen) atoms. The van der Waals surface area contributed by atoms with Gasteiger partial charge in [0.05, 0.1) is 12.0 Å². The molecule has 1 N–H and O–H groups in total. The molecule has 2 aromatic rings. The molecule has 1 unspecified atom stereocenters. The highest BCUT2D eigenvalue weighted by Gasteiger charge is 2.47. The topological polar surface area (TPSA) is 73.9 Å². The van der Waals surface area contributed by atoms with Gasteiger partial charge >= 0.3 is 0 Å². The Bertz CT molecular complexity index is 784. The monoisotopic (exact) mass is 363 g/mol. The number of ether oxygens (including phenoxy) is 1. The molecule has 1 aliphatic rings. The molecule has 1 heterocycles. The lowest BCUT2D eigenvalue weighted by Gasteiger charge is -2.28. The normalized spacial score (nSPS) is 20.5. The van der Waals surface area contributed by atoms with Crippen LogP contribution in [0, 0.1) is 0 Å². The van der Waals surface area contributed by atoms with Gasteiger partial charge in [-0.05, 0) is 55.8 Å². The highest BCUT2D eigenvalue weighted by molar-refractivity contribution is 7.92. The van der Waals surface area contributed by atoms with Gasteiger partial charge in [-0.15, -0.1) is 0 Å². The lowest BCUT2D eigenvalue weighted by molar-refractivity contribution is -0.277. The molecule has 0 aliphatic carbocycles. The van der Waals surface area contributed by atoms with Crippen molar-refractivity contribution in [2.45, 2.75) is 22.6 Å². The average Bonchev–Trinajstić information content (AvgIpc) is 3.12. The highest BCUT2D eigenvalue weighted by atomic mass is 32.2. The zero-order valence-corrected chi connectivity index (χ0v) is 14.8. The van der Waals surface area contributed by atoms with Crippen LogP contribution in [0.15, 0.2) is 59.5 Å². The summed E-state index contributed by atoms with van der Waals surface area (Å²) in [6.45, 7) is 0.565. The number of hydrogen-bond acceptors (Lipinski definition) is 6. The van der Waals surface area contributed by atoms with Crippen molar-refractivity contribution in [2.24, 2.45) is 0 Å². The van der Waals surface area contributed by atoms with Crippen molar-refractivity contribution in [1.82, 2.24) is 5.32 Å². The zero-order chi connectivity index (χ0) is 17.8. The Morgan fingerprint density at radius 1 is 1.04 bits per heavy atom. The van der Waals surface area contributed by atoms with Gasteiger partial charge in [0.1, 0.15) is 18.1 Å². The van der Waals surface area contributed by atoms with Crippen LogP contribution in [-0.4, -0.2) is 33.6 Å². The SMILES string of the molecule is COOCC1(S(=O)(=O)c2ccc(Oc3ccccc3)cc2)CCCN1. The van der Waals surface area contributed by atoms with Gasteiger partial charge in [-0.3, -0.25) is 5.32 Å². The Labute approximate surface area is 147 Å². The minimum absolute atomic E-state index is 0.0614. The first-order valence-electron chi connectivity index (χ1n) is 8.06. The van der Waals surface area contributed by atoms with Gasteiger partial charge in [-0.2, -0.15) is 0 Å². The molecular weight excluding hydrogens is 342 g/mol. The number of hydrogen-bond donors (Lipinski definition) is 1. The molecule has 0 aromatic heterocycles. The Hall–Kier alpha value is -1.93. The van der Waals surface area contributed by atoms with Crippen LogP contribution in [0.4, 0.5) is 0 Å². The lowest BCUT2D eigenvalue weighted by atomic mass is 10.2. The smallest absolute Gasteiger partial charge is 0.199 e. The van der Waals surface area contributed by atoms with E-state index in [9.17, 15) is 8.42 Å². The number of benzene rings is 2. The van der Waals surface area contributed by atoms with Crippen molar-refractivity contribution in [3.8, 4) is 11.5 Å². The third kappa shape index (κ3) is 3.69. The van der Waals surface area contributed by atoms with E-state index in [0.29, 0.717) is 24.5 Å². The second-order valence-electron chi connectivity index (χ2n) is 5.84. The van der Waals surface area contributed by atoms with Gasteiger partial charge in [-0.1, -0.05) is 18.2 Å². The molecule has 0 spiro atoms. The van der Waals surface area contributed by atoms with Crippen LogP contribution in [0.1, 0.15) is 12.8 Å². The third-order valence-corrected chi connectivity index (χ3v) is 6.63. The quantitative estimate of drug-likeness (QED) is 0.602. The van der Waals surface area contributed by atoms with E-state index >= 15 is 0 Å². The summed E-state index contributed by atoms with van der Waals surface area (Å²) >= 11 is 0. The molecule has 1 fully saturated rings. The molecule has 1 atom stereocenters. The van der Waals surface area contributed by atoms with Crippen molar-refractivity contribution in [3.05, 3.63) is 54.6 Å². The second-order valence-corrected chi connectivity index (χ2v) is 8.10. The number of sulfone groups is 1. The maximum atomic E-state index is 13.1. The fourth-order valence-corrected chi connectivity index (χ4v) is 4.75. The van der Waals surface area contributed by atoms with Crippen LogP contribution in [0.25, 0.3) is 0 Å². The van der Waals surface area contributed by atoms with E-state index < -0.39 is 14.7 Å². The van der Waals surface area contributed by atoms with Crippen LogP contribution in [0.3, 0.4) is 0 Å². The summed E-state index contributed by atoms with van der Waals surface area (Å²) in [4.78, 5) is 8.65. The standard InChI is InChI=1S/C18H21NO5S/c1-22-23-14-18(12-5-13-19-18)25(20,21)17-10-8-16(9-11-17)24-15-6-3-2-4-7-15/h2-4,6-11,19H,5,12-14H2,1H3. The molecule has 134 valence electrons. The summed E-state index contributed by atoms with van der Waals surface area (Å²) < 4.78 is 31.9. The molecule has 2 aromatic carbocycles. The Morgan fingerprint density at radius 2 is 1.72 bits per heavy atom. The summed E-state index contributed by atoms with van der Waals surface area (Å²) in [5.41, 5.74) is 0. The van der Waals surface area contributed by atoms with E-state index in [-0.39, 0.29) is 11.5 Å². The summed E-state index contributed by atoms with van der Waals surface area (Å²) in [7, 11) is -2.27. The van der Waals surface area contributed by atoms with Gasteiger partial charge in [0.25, 0.3) is 0 Å². The minimum atomic E-state index is -3.63.